The Morgan fingerprint density at radius 2 is 1.80 bits per heavy atom. The first kappa shape index (κ1) is 21.8. The summed E-state index contributed by atoms with van der Waals surface area (Å²) < 4.78 is 27.1. The van der Waals surface area contributed by atoms with Crippen molar-refractivity contribution in [1.82, 2.24) is 5.48 Å². The van der Waals surface area contributed by atoms with Gasteiger partial charge in [0.1, 0.15) is 0 Å². The quantitative estimate of drug-likeness (QED) is 0.693. The fraction of sp³-hybridized carbons (Fsp3) is 0.708. The summed E-state index contributed by atoms with van der Waals surface area (Å²) in [6.07, 6.45) is 5.35. The number of benzene rings is 1. The third-order valence-corrected chi connectivity index (χ3v) is 10.5. The van der Waals surface area contributed by atoms with Crippen molar-refractivity contribution in [2.75, 3.05) is 12.9 Å². The molecule has 4 atom stereocenters. The van der Waals surface area contributed by atoms with Crippen LogP contribution in [-0.4, -0.2) is 27.2 Å². The number of nitrogens with one attached hydrogen (secondary N) is 1. The second-order valence-corrected chi connectivity index (χ2v) is 13.0. The minimum Gasteiger partial charge on any atom is -0.277 e. The van der Waals surface area contributed by atoms with Crippen molar-refractivity contribution >= 4 is 15.7 Å². The van der Waals surface area contributed by atoms with Crippen molar-refractivity contribution in [1.29, 1.82) is 0 Å². The van der Waals surface area contributed by atoms with Gasteiger partial charge in [0.2, 0.25) is 0 Å². The van der Waals surface area contributed by atoms with Gasteiger partial charge in [-0.05, 0) is 83.9 Å². The highest BCUT2D eigenvalue weighted by molar-refractivity contribution is 7.91. The second-order valence-electron chi connectivity index (χ2n) is 11.0. The van der Waals surface area contributed by atoms with Gasteiger partial charge < -0.3 is 0 Å². The minimum atomic E-state index is -3.49. The zero-order valence-corrected chi connectivity index (χ0v) is 19.9. The zero-order chi connectivity index (χ0) is 22.1. The Hall–Kier alpha value is -1.40. The van der Waals surface area contributed by atoms with Crippen LogP contribution in [0.2, 0.25) is 0 Å². The lowest BCUT2D eigenvalue weighted by molar-refractivity contribution is -0.0982. The fourth-order valence-electron chi connectivity index (χ4n) is 7.55. The summed E-state index contributed by atoms with van der Waals surface area (Å²) in [5, 5.41) is 0. The van der Waals surface area contributed by atoms with Crippen molar-refractivity contribution in [3.8, 4) is 0 Å². The molecule has 30 heavy (non-hydrogen) atoms. The number of carbonyl (C=O) groups excluding carboxylic acids is 1. The highest BCUT2D eigenvalue weighted by atomic mass is 32.2. The molecule has 1 heterocycles. The van der Waals surface area contributed by atoms with Crippen molar-refractivity contribution in [2.24, 2.45) is 22.7 Å². The van der Waals surface area contributed by atoms with Crippen LogP contribution in [0.3, 0.4) is 0 Å². The SMILES string of the molecule is CONC(=O)c1cc(C)cc2c1[C@]1(C)CC[C@H]3C(C)(C)CCC[C@]3(C)[C@H]1CS2(=O)=O. The first-order valence-electron chi connectivity index (χ1n) is 11.1. The van der Waals surface area contributed by atoms with Gasteiger partial charge in [0.25, 0.3) is 5.91 Å². The van der Waals surface area contributed by atoms with E-state index in [2.05, 4.69) is 33.2 Å². The maximum Gasteiger partial charge on any atom is 0.275 e. The van der Waals surface area contributed by atoms with Crippen LogP contribution in [0.25, 0.3) is 0 Å². The Bertz CT molecular complexity index is 999. The lowest BCUT2D eigenvalue weighted by Gasteiger charge is -2.64. The molecule has 1 aromatic carbocycles. The van der Waals surface area contributed by atoms with Crippen LogP contribution in [-0.2, 0) is 20.1 Å². The molecule has 1 aliphatic heterocycles. The summed E-state index contributed by atoms with van der Waals surface area (Å²) in [5.41, 5.74) is 4.16. The molecule has 0 saturated heterocycles. The Labute approximate surface area is 180 Å². The molecule has 0 aromatic heterocycles. The summed E-state index contributed by atoms with van der Waals surface area (Å²) in [7, 11) is -2.09. The van der Waals surface area contributed by atoms with Gasteiger partial charge in [-0.15, -0.1) is 0 Å². The molecule has 2 saturated carbocycles. The van der Waals surface area contributed by atoms with E-state index in [4.69, 9.17) is 4.84 Å². The van der Waals surface area contributed by atoms with E-state index in [-0.39, 0.29) is 33.8 Å². The second kappa shape index (κ2) is 6.80. The first-order valence-corrected chi connectivity index (χ1v) is 12.7. The van der Waals surface area contributed by atoms with Gasteiger partial charge in [-0.25, -0.2) is 13.9 Å². The first-order chi connectivity index (χ1) is 13.9. The van der Waals surface area contributed by atoms with E-state index in [0.717, 1.165) is 31.2 Å². The van der Waals surface area contributed by atoms with Crippen LogP contribution >= 0.6 is 0 Å². The van der Waals surface area contributed by atoms with E-state index < -0.39 is 9.84 Å². The van der Waals surface area contributed by atoms with E-state index in [0.29, 0.717) is 21.9 Å². The molecule has 2 aliphatic carbocycles. The smallest absolute Gasteiger partial charge is 0.275 e. The minimum absolute atomic E-state index is 0.00220. The molecule has 166 valence electrons. The van der Waals surface area contributed by atoms with Crippen LogP contribution in [0.1, 0.15) is 81.3 Å². The molecule has 1 amide bonds. The Kier molecular flexibility index (Phi) is 4.94. The number of hydrogen-bond donors (Lipinski definition) is 1. The Morgan fingerprint density at radius 1 is 1.10 bits per heavy atom. The van der Waals surface area contributed by atoms with Gasteiger partial charge in [-0.2, -0.15) is 0 Å². The van der Waals surface area contributed by atoms with Gasteiger partial charge in [-0.3, -0.25) is 9.63 Å². The van der Waals surface area contributed by atoms with E-state index in [1.807, 2.05) is 13.0 Å². The van der Waals surface area contributed by atoms with E-state index in [9.17, 15) is 13.2 Å². The zero-order valence-electron chi connectivity index (χ0n) is 19.1. The molecule has 0 bridgehead atoms. The molecular weight excluding hydrogens is 398 g/mol. The fourth-order valence-corrected chi connectivity index (χ4v) is 9.93. The normalized spacial score (nSPS) is 36.2. The van der Waals surface area contributed by atoms with E-state index in [1.54, 1.807) is 6.07 Å². The van der Waals surface area contributed by atoms with E-state index in [1.165, 1.54) is 13.5 Å². The van der Waals surface area contributed by atoms with Gasteiger partial charge in [0.15, 0.2) is 9.84 Å². The predicted molar refractivity (Wildman–Crippen MR) is 117 cm³/mol. The number of hydroxylamine groups is 1. The third kappa shape index (κ3) is 2.97. The summed E-state index contributed by atoms with van der Waals surface area (Å²) in [4.78, 5) is 18.2. The number of fused-ring (bicyclic) bond motifs is 5. The van der Waals surface area contributed by atoms with Crippen molar-refractivity contribution < 1.29 is 18.0 Å². The monoisotopic (exact) mass is 433 g/mol. The summed E-state index contributed by atoms with van der Waals surface area (Å²) in [6, 6.07) is 3.57. The average molecular weight is 434 g/mol. The Morgan fingerprint density at radius 3 is 2.47 bits per heavy atom. The molecule has 2 fully saturated rings. The van der Waals surface area contributed by atoms with Gasteiger partial charge in [0.05, 0.1) is 17.8 Å². The van der Waals surface area contributed by atoms with Crippen molar-refractivity contribution in [2.45, 2.75) is 77.0 Å². The highest BCUT2D eigenvalue weighted by Gasteiger charge is 2.62. The largest absolute Gasteiger partial charge is 0.277 e. The van der Waals surface area contributed by atoms with Crippen molar-refractivity contribution in [3.05, 3.63) is 28.8 Å². The number of sulfone groups is 1. The lowest BCUT2D eigenvalue weighted by atomic mass is 9.42. The number of rotatable bonds is 2. The lowest BCUT2D eigenvalue weighted by Crippen LogP contribution is -2.60. The molecular formula is C24H35NO4S. The van der Waals surface area contributed by atoms with Crippen LogP contribution in [0, 0.1) is 29.6 Å². The van der Waals surface area contributed by atoms with Gasteiger partial charge in [0, 0.05) is 5.56 Å². The number of carbonyl (C=O) groups is 1. The average Bonchev–Trinajstić information content (AvgIpc) is 2.63. The van der Waals surface area contributed by atoms with Crippen LogP contribution in [0.15, 0.2) is 17.0 Å². The topological polar surface area (TPSA) is 72.5 Å². The van der Waals surface area contributed by atoms with Crippen LogP contribution < -0.4 is 5.48 Å². The molecule has 1 aromatic rings. The maximum atomic E-state index is 13.6. The summed E-state index contributed by atoms with van der Waals surface area (Å²) >= 11 is 0. The van der Waals surface area contributed by atoms with Gasteiger partial charge in [-0.1, -0.05) is 34.1 Å². The standard InChI is InChI=1S/C24H35NO4S/c1-15-12-16(21(26)25-29-6)20-17(13-15)30(27,28)14-19-23(4)10-7-9-22(2,3)18(23)8-11-24(19,20)5/h12-13,18-19H,7-11,14H2,1-6H3,(H,25,26)/t18-,19+,23-,24+/m0/s1. The molecule has 0 spiro atoms. The molecule has 3 aliphatic rings. The molecule has 4 rings (SSSR count). The predicted octanol–water partition coefficient (Wildman–Crippen LogP) is 4.57. The molecule has 0 radical (unpaired) electrons. The molecule has 5 nitrogen and oxygen atoms in total. The van der Waals surface area contributed by atoms with Gasteiger partial charge >= 0.3 is 0 Å². The highest BCUT2D eigenvalue weighted by Crippen LogP contribution is 2.66. The molecule has 0 unspecified atom stereocenters. The van der Waals surface area contributed by atoms with E-state index >= 15 is 0 Å². The molecule has 6 heteroatoms. The van der Waals surface area contributed by atoms with Crippen LogP contribution in [0.5, 0.6) is 0 Å². The number of amides is 1. The van der Waals surface area contributed by atoms with Crippen molar-refractivity contribution in [3.63, 3.8) is 0 Å². The number of hydrogen-bond acceptors (Lipinski definition) is 4. The summed E-state index contributed by atoms with van der Waals surface area (Å²) in [5.74, 6) is 0.299. The number of aryl methyl sites for hydroxylation is 1. The Balaban J connectivity index is 1.97. The maximum absolute atomic E-state index is 13.6. The molecule has 1 N–H and O–H groups in total. The van der Waals surface area contributed by atoms with Crippen LogP contribution in [0.4, 0.5) is 0 Å². The third-order valence-electron chi connectivity index (χ3n) is 8.77. The summed E-state index contributed by atoms with van der Waals surface area (Å²) in [6.45, 7) is 11.1.